The van der Waals surface area contributed by atoms with Gasteiger partial charge in [0.15, 0.2) is 0 Å². The number of ether oxygens (including phenoxy) is 1. The molecule has 1 saturated heterocycles. The average molecular weight is 204 g/mol. The zero-order chi connectivity index (χ0) is 9.68. The summed E-state index contributed by atoms with van der Waals surface area (Å²) in [7, 11) is 3.32. The van der Waals surface area contributed by atoms with Crippen LogP contribution in [0.2, 0.25) is 0 Å². The number of hydrogen-bond donors (Lipinski definition) is 2. The summed E-state index contributed by atoms with van der Waals surface area (Å²) in [5.74, 6) is 2.10. The van der Waals surface area contributed by atoms with Crippen molar-refractivity contribution in [2.45, 2.75) is 6.04 Å². The number of carbonyl (C=O) groups excluding carboxylic acids is 1. The van der Waals surface area contributed by atoms with E-state index in [0.29, 0.717) is 6.73 Å². The van der Waals surface area contributed by atoms with Crippen LogP contribution in [0.15, 0.2) is 0 Å². The molecule has 0 unspecified atom stereocenters. The summed E-state index contributed by atoms with van der Waals surface area (Å²) in [6.07, 6.45) is 0. The average Bonchev–Trinajstić information content (AvgIpc) is 2.61. The highest BCUT2D eigenvalue weighted by atomic mass is 32.2. The van der Waals surface area contributed by atoms with Crippen molar-refractivity contribution in [3.63, 3.8) is 0 Å². The number of thioether (sulfide) groups is 1. The molecular weight excluding hydrogens is 188 g/mol. The Morgan fingerprint density at radius 3 is 3.00 bits per heavy atom. The maximum Gasteiger partial charge on any atom is 0.225 e. The lowest BCUT2D eigenvalue weighted by Crippen LogP contribution is -2.43. The van der Waals surface area contributed by atoms with Crippen LogP contribution < -0.4 is 10.6 Å². The first-order valence-corrected chi connectivity index (χ1v) is 5.46. The number of amides is 1. The molecule has 0 aromatic rings. The van der Waals surface area contributed by atoms with E-state index in [-0.39, 0.29) is 17.9 Å². The summed E-state index contributed by atoms with van der Waals surface area (Å²) in [5, 5.41) is 5.87. The van der Waals surface area contributed by atoms with Crippen LogP contribution >= 0.6 is 11.8 Å². The Morgan fingerprint density at radius 2 is 2.38 bits per heavy atom. The Kier molecular flexibility index (Phi) is 4.55. The summed E-state index contributed by atoms with van der Waals surface area (Å²) in [6.45, 7) is 0.513. The van der Waals surface area contributed by atoms with E-state index in [2.05, 4.69) is 10.6 Å². The summed E-state index contributed by atoms with van der Waals surface area (Å²) >= 11 is 1.81. The van der Waals surface area contributed by atoms with Gasteiger partial charge < -0.3 is 10.1 Å². The van der Waals surface area contributed by atoms with Crippen LogP contribution in [0.1, 0.15) is 0 Å². The second kappa shape index (κ2) is 5.47. The molecule has 0 radical (unpaired) electrons. The smallest absolute Gasteiger partial charge is 0.225 e. The van der Waals surface area contributed by atoms with Crippen molar-refractivity contribution in [1.82, 2.24) is 10.6 Å². The fourth-order valence-corrected chi connectivity index (χ4v) is 2.77. The maximum atomic E-state index is 11.4. The summed E-state index contributed by atoms with van der Waals surface area (Å²) < 4.78 is 4.91. The first kappa shape index (κ1) is 10.8. The number of hydrogen-bond acceptors (Lipinski definition) is 4. The molecule has 5 heteroatoms. The highest BCUT2D eigenvalue weighted by Crippen LogP contribution is 2.24. The van der Waals surface area contributed by atoms with Crippen LogP contribution in [0, 0.1) is 5.92 Å². The van der Waals surface area contributed by atoms with E-state index in [4.69, 9.17) is 4.74 Å². The summed E-state index contributed by atoms with van der Waals surface area (Å²) in [6, 6.07) is 0.255. The standard InChI is InChI=1S/C8H16N2O2S/c1-9-8(11)6-3-13-4-7(6)10-5-12-2/h6-7,10H,3-5H2,1-2H3,(H,9,11)/t6-,7-/m1/s1. The first-order chi connectivity index (χ1) is 6.29. The van der Waals surface area contributed by atoms with Crippen molar-refractivity contribution in [2.75, 3.05) is 32.4 Å². The monoisotopic (exact) mass is 204 g/mol. The van der Waals surface area contributed by atoms with E-state index in [0.717, 1.165) is 11.5 Å². The molecule has 0 bridgehead atoms. The van der Waals surface area contributed by atoms with Gasteiger partial charge in [0.05, 0.1) is 12.6 Å². The highest BCUT2D eigenvalue weighted by Gasteiger charge is 2.32. The molecule has 1 heterocycles. The molecule has 0 aromatic carbocycles. The lowest BCUT2D eigenvalue weighted by atomic mass is 10.0. The van der Waals surface area contributed by atoms with Crippen LogP contribution in [0.3, 0.4) is 0 Å². The molecule has 4 nitrogen and oxygen atoms in total. The van der Waals surface area contributed by atoms with Crippen molar-refractivity contribution in [3.8, 4) is 0 Å². The Bertz CT molecular complexity index is 178. The van der Waals surface area contributed by atoms with Crippen molar-refractivity contribution < 1.29 is 9.53 Å². The lowest BCUT2D eigenvalue weighted by Gasteiger charge is -2.17. The van der Waals surface area contributed by atoms with Crippen molar-refractivity contribution in [1.29, 1.82) is 0 Å². The minimum absolute atomic E-state index is 0.0881. The minimum Gasteiger partial charge on any atom is -0.370 e. The Labute approximate surface area is 82.8 Å². The van der Waals surface area contributed by atoms with E-state index >= 15 is 0 Å². The van der Waals surface area contributed by atoms with E-state index in [1.807, 2.05) is 0 Å². The summed E-state index contributed by atoms with van der Waals surface area (Å²) in [4.78, 5) is 11.4. The molecule has 0 spiro atoms. The van der Waals surface area contributed by atoms with Crippen LogP contribution in [-0.4, -0.2) is 44.3 Å². The molecule has 0 saturated carbocycles. The van der Waals surface area contributed by atoms with Gasteiger partial charge in [-0.25, -0.2) is 0 Å². The van der Waals surface area contributed by atoms with Gasteiger partial charge in [-0.15, -0.1) is 0 Å². The predicted octanol–water partition coefficient (Wildman–Crippen LogP) is -0.343. The van der Waals surface area contributed by atoms with Crippen LogP contribution in [0.25, 0.3) is 0 Å². The molecule has 1 aliphatic rings. The molecule has 2 N–H and O–H groups in total. The Balaban J connectivity index is 2.39. The third kappa shape index (κ3) is 2.86. The third-order valence-corrected chi connectivity index (χ3v) is 3.34. The van der Waals surface area contributed by atoms with Gasteiger partial charge in [-0.3, -0.25) is 10.1 Å². The number of carbonyl (C=O) groups is 1. The molecule has 76 valence electrons. The molecule has 0 aromatic heterocycles. The quantitative estimate of drug-likeness (QED) is 0.615. The summed E-state index contributed by atoms with van der Waals surface area (Å²) in [5.41, 5.74) is 0. The first-order valence-electron chi connectivity index (χ1n) is 4.31. The van der Waals surface area contributed by atoms with E-state index in [1.165, 1.54) is 0 Å². The fourth-order valence-electron chi connectivity index (χ4n) is 1.39. The van der Waals surface area contributed by atoms with Gasteiger partial charge in [-0.1, -0.05) is 0 Å². The largest absolute Gasteiger partial charge is 0.370 e. The van der Waals surface area contributed by atoms with Gasteiger partial charge >= 0.3 is 0 Å². The van der Waals surface area contributed by atoms with Crippen molar-refractivity contribution >= 4 is 17.7 Å². The van der Waals surface area contributed by atoms with Crippen LogP contribution in [0.4, 0.5) is 0 Å². The SMILES string of the molecule is CNC(=O)[C@@H]1CSC[C@H]1NCOC. The number of nitrogens with one attached hydrogen (secondary N) is 2. The van der Waals surface area contributed by atoms with E-state index < -0.39 is 0 Å². The maximum absolute atomic E-state index is 11.4. The second-order valence-electron chi connectivity index (χ2n) is 3.00. The molecular formula is C8H16N2O2S. The van der Waals surface area contributed by atoms with Gasteiger partial charge in [-0.2, -0.15) is 11.8 Å². The second-order valence-corrected chi connectivity index (χ2v) is 4.08. The highest BCUT2D eigenvalue weighted by molar-refractivity contribution is 7.99. The molecule has 1 amide bonds. The van der Waals surface area contributed by atoms with Gasteiger partial charge in [0.2, 0.25) is 5.91 Å². The lowest BCUT2D eigenvalue weighted by molar-refractivity contribution is -0.124. The third-order valence-electron chi connectivity index (χ3n) is 2.15. The normalized spacial score (nSPS) is 27.5. The van der Waals surface area contributed by atoms with Gasteiger partial charge in [-0.05, 0) is 0 Å². The molecule has 2 atom stereocenters. The van der Waals surface area contributed by atoms with Crippen LogP contribution in [0.5, 0.6) is 0 Å². The minimum atomic E-state index is 0.0881. The van der Waals surface area contributed by atoms with E-state index in [1.54, 1.807) is 25.9 Å². The number of rotatable bonds is 4. The van der Waals surface area contributed by atoms with Gasteiger partial charge in [0.1, 0.15) is 0 Å². The molecule has 13 heavy (non-hydrogen) atoms. The fraction of sp³-hybridized carbons (Fsp3) is 0.875. The van der Waals surface area contributed by atoms with Crippen molar-refractivity contribution in [2.24, 2.45) is 5.92 Å². The van der Waals surface area contributed by atoms with Gasteiger partial charge in [0.25, 0.3) is 0 Å². The van der Waals surface area contributed by atoms with Crippen LogP contribution in [-0.2, 0) is 9.53 Å². The molecule has 1 aliphatic heterocycles. The van der Waals surface area contributed by atoms with Crippen molar-refractivity contribution in [3.05, 3.63) is 0 Å². The zero-order valence-electron chi connectivity index (χ0n) is 8.00. The van der Waals surface area contributed by atoms with E-state index in [9.17, 15) is 4.79 Å². The Hall–Kier alpha value is -0.260. The zero-order valence-corrected chi connectivity index (χ0v) is 8.82. The molecule has 1 rings (SSSR count). The predicted molar refractivity (Wildman–Crippen MR) is 53.7 cm³/mol. The van der Waals surface area contributed by atoms with Gasteiger partial charge in [0, 0.05) is 31.7 Å². The Morgan fingerprint density at radius 1 is 1.62 bits per heavy atom. The molecule has 1 fully saturated rings. The molecule has 0 aliphatic carbocycles. The number of methoxy groups -OCH3 is 1. The topological polar surface area (TPSA) is 50.4 Å².